The maximum absolute atomic E-state index is 12.5. The Labute approximate surface area is 196 Å². The predicted octanol–water partition coefficient (Wildman–Crippen LogP) is 2.86. The van der Waals surface area contributed by atoms with Crippen LogP contribution in [0.2, 0.25) is 0 Å². The highest BCUT2D eigenvalue weighted by molar-refractivity contribution is 6.03. The van der Waals surface area contributed by atoms with Crippen molar-refractivity contribution in [3.8, 4) is 22.8 Å². The van der Waals surface area contributed by atoms with Gasteiger partial charge in [-0.2, -0.15) is 9.78 Å². The molecule has 0 spiro atoms. The van der Waals surface area contributed by atoms with Crippen molar-refractivity contribution in [1.29, 1.82) is 0 Å². The third kappa shape index (κ3) is 4.44. The highest BCUT2D eigenvalue weighted by atomic mass is 16.5. The standard InChI is InChI=1S/C25H24N6O3/c1-15-7-12-20(28-13-15)31-23(26)21(24(27)32)22(30-31)17-10-8-16(9-11-17)14-29-25(33)18-5-3-4-6-19(18)34-2/h3-13H,14,26H2,1-2H3,(H2,27,32)(H,29,33). The number of rotatable bonds is 7. The number of ether oxygens (including phenoxy) is 1. The molecule has 4 aromatic rings. The number of primary amides is 1. The van der Waals surface area contributed by atoms with Gasteiger partial charge in [0.2, 0.25) is 0 Å². The topological polar surface area (TPSA) is 138 Å². The lowest BCUT2D eigenvalue weighted by atomic mass is 10.0. The van der Waals surface area contributed by atoms with E-state index in [1.807, 2.05) is 25.1 Å². The van der Waals surface area contributed by atoms with Crippen molar-refractivity contribution < 1.29 is 14.3 Å². The number of anilines is 1. The molecule has 2 aromatic heterocycles. The zero-order chi connectivity index (χ0) is 24.2. The van der Waals surface area contributed by atoms with Crippen LogP contribution in [0.4, 0.5) is 5.82 Å². The fourth-order valence-electron chi connectivity index (χ4n) is 3.53. The predicted molar refractivity (Wildman–Crippen MR) is 129 cm³/mol. The largest absolute Gasteiger partial charge is 0.496 e. The molecule has 9 heteroatoms. The fraction of sp³-hybridized carbons (Fsp3) is 0.120. The van der Waals surface area contributed by atoms with Gasteiger partial charge in [-0.15, -0.1) is 0 Å². The number of carbonyl (C=O) groups excluding carboxylic acids is 2. The molecule has 0 bridgehead atoms. The van der Waals surface area contributed by atoms with Crippen LogP contribution in [0.15, 0.2) is 66.9 Å². The van der Waals surface area contributed by atoms with Crippen LogP contribution in [0.5, 0.6) is 5.75 Å². The van der Waals surface area contributed by atoms with Crippen LogP contribution in [0.25, 0.3) is 17.1 Å². The van der Waals surface area contributed by atoms with Crippen molar-refractivity contribution >= 4 is 17.6 Å². The molecule has 5 N–H and O–H groups in total. The summed E-state index contributed by atoms with van der Waals surface area (Å²) in [5.74, 6) is 0.179. The number of nitrogens with two attached hydrogens (primary N) is 2. The minimum atomic E-state index is -0.681. The van der Waals surface area contributed by atoms with Gasteiger partial charge in [-0.1, -0.05) is 42.5 Å². The molecule has 0 saturated heterocycles. The average Bonchev–Trinajstić information content (AvgIpc) is 3.20. The van der Waals surface area contributed by atoms with E-state index in [-0.39, 0.29) is 17.3 Å². The lowest BCUT2D eigenvalue weighted by molar-refractivity contribution is 0.0946. The van der Waals surface area contributed by atoms with Gasteiger partial charge in [0.05, 0.1) is 12.7 Å². The molecule has 2 aromatic carbocycles. The molecule has 0 saturated carbocycles. The van der Waals surface area contributed by atoms with Crippen molar-refractivity contribution in [3.05, 3.63) is 89.1 Å². The van der Waals surface area contributed by atoms with Gasteiger partial charge in [0.15, 0.2) is 5.82 Å². The zero-order valence-electron chi connectivity index (χ0n) is 18.8. The van der Waals surface area contributed by atoms with E-state index >= 15 is 0 Å². The van der Waals surface area contributed by atoms with E-state index in [1.165, 1.54) is 11.8 Å². The number of nitrogen functional groups attached to an aromatic ring is 1. The summed E-state index contributed by atoms with van der Waals surface area (Å²) in [6.45, 7) is 2.23. The number of aryl methyl sites for hydroxylation is 1. The summed E-state index contributed by atoms with van der Waals surface area (Å²) in [6, 6.07) is 17.9. The number of methoxy groups -OCH3 is 1. The van der Waals surface area contributed by atoms with Crippen LogP contribution < -0.4 is 21.5 Å². The Morgan fingerprint density at radius 2 is 1.79 bits per heavy atom. The molecule has 0 atom stereocenters. The van der Waals surface area contributed by atoms with Gasteiger partial charge in [0.25, 0.3) is 11.8 Å². The van der Waals surface area contributed by atoms with E-state index in [4.69, 9.17) is 16.2 Å². The number of nitrogens with one attached hydrogen (secondary N) is 1. The molecular formula is C25H24N6O3. The van der Waals surface area contributed by atoms with E-state index in [9.17, 15) is 9.59 Å². The summed E-state index contributed by atoms with van der Waals surface area (Å²) in [5.41, 5.74) is 15.3. The van der Waals surface area contributed by atoms with E-state index in [2.05, 4.69) is 15.4 Å². The Balaban J connectivity index is 1.57. The first-order chi connectivity index (χ1) is 16.4. The van der Waals surface area contributed by atoms with Gasteiger partial charge in [-0.25, -0.2) is 4.98 Å². The van der Waals surface area contributed by atoms with E-state index in [1.54, 1.807) is 48.7 Å². The Kier molecular flexibility index (Phi) is 6.26. The monoisotopic (exact) mass is 456 g/mol. The lowest BCUT2D eigenvalue weighted by Gasteiger charge is -2.09. The van der Waals surface area contributed by atoms with Crippen molar-refractivity contribution in [1.82, 2.24) is 20.1 Å². The Bertz CT molecular complexity index is 1340. The minimum absolute atomic E-state index is 0.118. The zero-order valence-corrected chi connectivity index (χ0v) is 18.8. The molecule has 172 valence electrons. The summed E-state index contributed by atoms with van der Waals surface area (Å²) in [7, 11) is 1.52. The van der Waals surface area contributed by atoms with Crippen LogP contribution >= 0.6 is 0 Å². The maximum Gasteiger partial charge on any atom is 0.255 e. The fourth-order valence-corrected chi connectivity index (χ4v) is 3.53. The number of carbonyl (C=O) groups is 2. The molecule has 0 radical (unpaired) electrons. The Morgan fingerprint density at radius 1 is 1.06 bits per heavy atom. The van der Waals surface area contributed by atoms with Gasteiger partial charge < -0.3 is 21.5 Å². The molecule has 9 nitrogen and oxygen atoms in total. The SMILES string of the molecule is COc1ccccc1C(=O)NCc1ccc(-c2nn(-c3ccc(C)cn3)c(N)c2C(N)=O)cc1. The summed E-state index contributed by atoms with van der Waals surface area (Å²) < 4.78 is 6.64. The van der Waals surface area contributed by atoms with E-state index < -0.39 is 5.91 Å². The number of pyridine rings is 1. The smallest absolute Gasteiger partial charge is 0.255 e. The Hall–Kier alpha value is -4.66. The molecule has 34 heavy (non-hydrogen) atoms. The van der Waals surface area contributed by atoms with Crippen LogP contribution in [0.1, 0.15) is 31.8 Å². The summed E-state index contributed by atoms with van der Waals surface area (Å²) in [4.78, 5) is 29.0. The average molecular weight is 457 g/mol. The molecular weight excluding hydrogens is 432 g/mol. The molecule has 0 fully saturated rings. The Morgan fingerprint density at radius 3 is 2.44 bits per heavy atom. The van der Waals surface area contributed by atoms with Crippen molar-refractivity contribution in [2.45, 2.75) is 13.5 Å². The first kappa shape index (κ1) is 22.5. The van der Waals surface area contributed by atoms with Crippen molar-refractivity contribution in [2.75, 3.05) is 12.8 Å². The van der Waals surface area contributed by atoms with Gasteiger partial charge in [-0.05, 0) is 36.2 Å². The van der Waals surface area contributed by atoms with Crippen LogP contribution in [0, 0.1) is 6.92 Å². The first-order valence-electron chi connectivity index (χ1n) is 10.5. The molecule has 4 rings (SSSR count). The quantitative estimate of drug-likeness (QED) is 0.391. The molecule has 2 heterocycles. The second-order valence-corrected chi connectivity index (χ2v) is 7.66. The van der Waals surface area contributed by atoms with Gasteiger partial charge >= 0.3 is 0 Å². The van der Waals surface area contributed by atoms with Crippen molar-refractivity contribution in [2.24, 2.45) is 5.73 Å². The number of amides is 2. The number of hydrogen-bond donors (Lipinski definition) is 3. The molecule has 2 amide bonds. The number of hydrogen-bond acceptors (Lipinski definition) is 6. The third-order valence-electron chi connectivity index (χ3n) is 5.31. The summed E-state index contributed by atoms with van der Waals surface area (Å²) >= 11 is 0. The third-order valence-corrected chi connectivity index (χ3v) is 5.31. The molecule has 0 unspecified atom stereocenters. The highest BCUT2D eigenvalue weighted by Gasteiger charge is 2.22. The maximum atomic E-state index is 12.5. The normalized spacial score (nSPS) is 10.6. The van der Waals surface area contributed by atoms with E-state index in [0.29, 0.717) is 34.9 Å². The molecule has 0 aliphatic heterocycles. The first-order valence-corrected chi connectivity index (χ1v) is 10.5. The molecule has 0 aliphatic carbocycles. The van der Waals surface area contributed by atoms with Gasteiger partial charge in [0, 0.05) is 18.3 Å². The minimum Gasteiger partial charge on any atom is -0.496 e. The lowest BCUT2D eigenvalue weighted by Crippen LogP contribution is -2.23. The van der Waals surface area contributed by atoms with E-state index in [0.717, 1.165) is 11.1 Å². The second kappa shape index (κ2) is 9.45. The number of nitrogens with zero attached hydrogens (tertiary/aromatic N) is 3. The number of benzene rings is 2. The number of para-hydroxylation sites is 1. The highest BCUT2D eigenvalue weighted by Crippen LogP contribution is 2.29. The second-order valence-electron chi connectivity index (χ2n) is 7.66. The molecule has 0 aliphatic rings. The van der Waals surface area contributed by atoms with Crippen molar-refractivity contribution in [3.63, 3.8) is 0 Å². The summed E-state index contributed by atoms with van der Waals surface area (Å²) in [5, 5.41) is 7.39. The number of aromatic nitrogens is 3. The van der Waals surface area contributed by atoms with Crippen LogP contribution in [0.3, 0.4) is 0 Å². The van der Waals surface area contributed by atoms with Crippen LogP contribution in [-0.4, -0.2) is 33.7 Å². The van der Waals surface area contributed by atoms with Gasteiger partial charge in [-0.3, -0.25) is 9.59 Å². The van der Waals surface area contributed by atoms with Gasteiger partial charge in [0.1, 0.15) is 22.8 Å². The summed E-state index contributed by atoms with van der Waals surface area (Å²) in [6.07, 6.45) is 1.69. The van der Waals surface area contributed by atoms with Crippen LogP contribution in [-0.2, 0) is 6.54 Å².